The lowest BCUT2D eigenvalue weighted by atomic mass is 10.0. The van der Waals surface area contributed by atoms with E-state index < -0.39 is 5.56 Å². The molecular weight excluding hydrogens is 447 g/mol. The Balaban J connectivity index is 2.21. The lowest BCUT2D eigenvalue weighted by molar-refractivity contribution is 0.501. The number of aryl methyl sites for hydroxylation is 1. The van der Waals surface area contributed by atoms with Crippen molar-refractivity contribution in [2.45, 2.75) is 39.7 Å². The molecule has 1 saturated heterocycles. The van der Waals surface area contributed by atoms with E-state index in [1.165, 1.54) is 4.57 Å². The summed E-state index contributed by atoms with van der Waals surface area (Å²) in [5, 5.41) is 14.4. The van der Waals surface area contributed by atoms with Gasteiger partial charge in [-0.2, -0.15) is 5.26 Å². The molecule has 3 aromatic heterocycles. The topological polar surface area (TPSA) is 86.8 Å². The van der Waals surface area contributed by atoms with E-state index in [0.29, 0.717) is 29.0 Å². The number of anilines is 1. The molecule has 4 heterocycles. The number of fused-ring (bicyclic) bond motifs is 1. The molecule has 0 spiro atoms. The second-order valence-corrected chi connectivity index (χ2v) is 9.14. The van der Waals surface area contributed by atoms with Crippen molar-refractivity contribution in [3.05, 3.63) is 55.7 Å². The first-order valence-corrected chi connectivity index (χ1v) is 11.3. The molecule has 0 bridgehead atoms. The van der Waals surface area contributed by atoms with E-state index in [1.54, 1.807) is 12.3 Å². The van der Waals surface area contributed by atoms with Gasteiger partial charge in [0.1, 0.15) is 16.8 Å². The van der Waals surface area contributed by atoms with E-state index in [0.717, 1.165) is 24.3 Å². The standard InChI is InChI=1S/C23H24Cl2N6O/c1-12(2)18-19(13(3)5-6-28-18)31-22-15(9-17(24)21(25)29-22)20(16(10-26)23(31)32)30-8-7-27-11-14(30)4/h5-6,9,12,14,27H,7-8,11H2,1-4H3. The number of nitriles is 1. The van der Waals surface area contributed by atoms with Crippen molar-refractivity contribution in [2.24, 2.45) is 0 Å². The summed E-state index contributed by atoms with van der Waals surface area (Å²) in [6.07, 6.45) is 1.72. The number of halogens is 2. The molecule has 7 nitrogen and oxygen atoms in total. The normalized spacial score (nSPS) is 16.6. The second-order valence-electron chi connectivity index (χ2n) is 8.37. The summed E-state index contributed by atoms with van der Waals surface area (Å²) in [6, 6.07) is 5.79. The van der Waals surface area contributed by atoms with Crippen molar-refractivity contribution in [3.8, 4) is 11.8 Å². The molecule has 3 aromatic rings. The van der Waals surface area contributed by atoms with Crippen molar-refractivity contribution < 1.29 is 0 Å². The van der Waals surface area contributed by atoms with Crippen molar-refractivity contribution in [1.29, 1.82) is 5.26 Å². The van der Waals surface area contributed by atoms with Crippen LogP contribution in [0.1, 0.15) is 43.5 Å². The van der Waals surface area contributed by atoms with Gasteiger partial charge in [-0.3, -0.25) is 14.3 Å². The molecule has 1 aliphatic heterocycles. The van der Waals surface area contributed by atoms with Crippen LogP contribution in [0, 0.1) is 18.3 Å². The molecule has 4 rings (SSSR count). The van der Waals surface area contributed by atoms with Crippen LogP contribution in [0.2, 0.25) is 10.2 Å². The summed E-state index contributed by atoms with van der Waals surface area (Å²) >= 11 is 12.7. The lowest BCUT2D eigenvalue weighted by Gasteiger charge is -2.37. The third kappa shape index (κ3) is 3.62. The Morgan fingerprint density at radius 3 is 2.72 bits per heavy atom. The predicted molar refractivity (Wildman–Crippen MR) is 128 cm³/mol. The maximum absolute atomic E-state index is 13.9. The molecule has 0 aliphatic carbocycles. The van der Waals surface area contributed by atoms with Gasteiger partial charge in [-0.1, -0.05) is 37.0 Å². The minimum Gasteiger partial charge on any atom is -0.364 e. The number of piperazine rings is 1. The molecule has 0 radical (unpaired) electrons. The number of nitrogens with zero attached hydrogens (tertiary/aromatic N) is 5. The van der Waals surface area contributed by atoms with Crippen molar-refractivity contribution in [2.75, 3.05) is 24.5 Å². The van der Waals surface area contributed by atoms with Gasteiger partial charge in [-0.05, 0) is 37.5 Å². The van der Waals surface area contributed by atoms with Crippen LogP contribution in [0.4, 0.5) is 5.69 Å². The Morgan fingerprint density at radius 1 is 1.31 bits per heavy atom. The number of rotatable bonds is 3. The van der Waals surface area contributed by atoms with Crippen LogP contribution in [0.5, 0.6) is 0 Å². The van der Waals surface area contributed by atoms with Crippen molar-refractivity contribution in [3.63, 3.8) is 0 Å². The van der Waals surface area contributed by atoms with Crippen LogP contribution < -0.4 is 15.8 Å². The minimum atomic E-state index is -0.440. The van der Waals surface area contributed by atoms with Crippen LogP contribution in [0.15, 0.2) is 23.1 Å². The number of nitrogens with one attached hydrogen (secondary N) is 1. The lowest BCUT2D eigenvalue weighted by Crippen LogP contribution is -2.50. The molecule has 1 aliphatic rings. The molecule has 1 unspecified atom stereocenters. The smallest absolute Gasteiger partial charge is 0.276 e. The van der Waals surface area contributed by atoms with Crippen LogP contribution in [-0.2, 0) is 0 Å². The molecule has 9 heteroatoms. The highest BCUT2D eigenvalue weighted by Gasteiger charge is 2.29. The van der Waals surface area contributed by atoms with E-state index >= 15 is 0 Å². The van der Waals surface area contributed by atoms with E-state index in [4.69, 9.17) is 23.2 Å². The summed E-state index contributed by atoms with van der Waals surface area (Å²) in [6.45, 7) is 10.1. The predicted octanol–water partition coefficient (Wildman–Crippen LogP) is 4.19. The third-order valence-electron chi connectivity index (χ3n) is 5.86. The van der Waals surface area contributed by atoms with Crippen LogP contribution >= 0.6 is 23.2 Å². The van der Waals surface area contributed by atoms with Crippen molar-refractivity contribution >= 4 is 39.9 Å². The molecule has 32 heavy (non-hydrogen) atoms. The minimum absolute atomic E-state index is 0.0491. The summed E-state index contributed by atoms with van der Waals surface area (Å²) in [5.41, 5.74) is 2.76. The largest absolute Gasteiger partial charge is 0.364 e. The first kappa shape index (κ1) is 22.5. The monoisotopic (exact) mass is 470 g/mol. The van der Waals surface area contributed by atoms with E-state index in [2.05, 4.69) is 33.2 Å². The summed E-state index contributed by atoms with van der Waals surface area (Å²) in [5.74, 6) is 0.0491. The Kier molecular flexibility index (Phi) is 6.13. The Morgan fingerprint density at radius 2 is 2.06 bits per heavy atom. The number of aromatic nitrogens is 3. The van der Waals surface area contributed by atoms with Gasteiger partial charge in [0, 0.05) is 37.3 Å². The molecule has 1 fully saturated rings. The van der Waals surface area contributed by atoms with E-state index in [9.17, 15) is 10.1 Å². The Labute approximate surface area is 196 Å². The van der Waals surface area contributed by atoms with Gasteiger partial charge in [0.05, 0.1) is 22.1 Å². The number of pyridine rings is 3. The van der Waals surface area contributed by atoms with E-state index in [1.807, 2.05) is 26.8 Å². The molecule has 166 valence electrons. The van der Waals surface area contributed by atoms with Gasteiger partial charge in [0.15, 0.2) is 5.65 Å². The average molecular weight is 471 g/mol. The molecule has 0 aromatic carbocycles. The molecule has 1 atom stereocenters. The SMILES string of the molecule is Cc1ccnc(C(C)C)c1-n1c(=O)c(C#N)c(N2CCNCC2C)c2cc(Cl)c(Cl)nc21. The molecule has 1 N–H and O–H groups in total. The van der Waals surface area contributed by atoms with Crippen molar-refractivity contribution in [1.82, 2.24) is 19.9 Å². The quantitative estimate of drug-likeness (QED) is 0.577. The highest BCUT2D eigenvalue weighted by Crippen LogP contribution is 2.36. The zero-order valence-corrected chi connectivity index (χ0v) is 19.9. The second kappa shape index (κ2) is 8.70. The Hall–Kier alpha value is -2.66. The third-order valence-corrected chi connectivity index (χ3v) is 6.53. The van der Waals surface area contributed by atoms with Gasteiger partial charge in [0.2, 0.25) is 0 Å². The molecule has 0 saturated carbocycles. The van der Waals surface area contributed by atoms with E-state index in [-0.39, 0.29) is 27.7 Å². The fourth-order valence-electron chi connectivity index (χ4n) is 4.31. The van der Waals surface area contributed by atoms with Crippen LogP contribution in [0.25, 0.3) is 16.7 Å². The summed E-state index contributed by atoms with van der Waals surface area (Å²) in [4.78, 5) is 25.0. The van der Waals surface area contributed by atoms with Gasteiger partial charge >= 0.3 is 0 Å². The molecule has 0 amide bonds. The fraction of sp³-hybridized carbons (Fsp3) is 0.391. The highest BCUT2D eigenvalue weighted by molar-refractivity contribution is 6.41. The maximum atomic E-state index is 13.9. The van der Waals surface area contributed by atoms with Gasteiger partial charge < -0.3 is 10.2 Å². The van der Waals surface area contributed by atoms with Gasteiger partial charge in [0.25, 0.3) is 5.56 Å². The maximum Gasteiger partial charge on any atom is 0.276 e. The number of hydrogen-bond acceptors (Lipinski definition) is 6. The average Bonchev–Trinajstić information content (AvgIpc) is 2.75. The van der Waals surface area contributed by atoms with Crippen LogP contribution in [0.3, 0.4) is 0 Å². The summed E-state index contributed by atoms with van der Waals surface area (Å²) in [7, 11) is 0. The van der Waals surface area contributed by atoms with Crippen LogP contribution in [-0.4, -0.2) is 40.2 Å². The van der Waals surface area contributed by atoms with Gasteiger partial charge in [-0.25, -0.2) is 4.98 Å². The zero-order valence-electron chi connectivity index (χ0n) is 18.4. The molecular formula is C23H24Cl2N6O. The highest BCUT2D eigenvalue weighted by atomic mass is 35.5. The first-order valence-electron chi connectivity index (χ1n) is 10.5. The first-order chi connectivity index (χ1) is 15.3. The van der Waals surface area contributed by atoms with Gasteiger partial charge in [-0.15, -0.1) is 0 Å². The summed E-state index contributed by atoms with van der Waals surface area (Å²) < 4.78 is 1.48. The zero-order chi connectivity index (χ0) is 23.2. The number of hydrogen-bond donors (Lipinski definition) is 1. The Bertz CT molecular complexity index is 1310. The fourth-order valence-corrected chi connectivity index (χ4v) is 4.60.